The van der Waals surface area contributed by atoms with Gasteiger partial charge in [-0.25, -0.2) is 4.98 Å². The standard InChI is InChI=1S/C21H21N5O/c1-12(27)25-18-6-13(8-22)5-15-16(10-26(2)19(15)18)14-7-17-20(23-9-14)24-11-21(17)3-4-21/h5-7,9-10,12,25,27H,3-4,11H2,1-2H3,(H,23,24). The predicted molar refractivity (Wildman–Crippen MR) is 106 cm³/mol. The molecule has 1 fully saturated rings. The highest BCUT2D eigenvalue weighted by Crippen LogP contribution is 2.54. The van der Waals surface area contributed by atoms with Crippen LogP contribution in [0.4, 0.5) is 11.5 Å². The minimum atomic E-state index is -0.706. The highest BCUT2D eigenvalue weighted by atomic mass is 16.3. The lowest BCUT2D eigenvalue weighted by molar-refractivity contribution is 0.224. The number of aromatic nitrogens is 2. The molecule has 27 heavy (non-hydrogen) atoms. The monoisotopic (exact) mass is 359 g/mol. The van der Waals surface area contributed by atoms with Crippen LogP contribution in [-0.4, -0.2) is 27.4 Å². The number of fused-ring (bicyclic) bond motifs is 3. The van der Waals surface area contributed by atoms with Gasteiger partial charge in [0.2, 0.25) is 0 Å². The number of aliphatic hydroxyl groups is 1. The maximum absolute atomic E-state index is 9.79. The van der Waals surface area contributed by atoms with Gasteiger partial charge in [-0.2, -0.15) is 5.26 Å². The summed E-state index contributed by atoms with van der Waals surface area (Å²) in [6.07, 6.45) is 5.71. The van der Waals surface area contributed by atoms with E-state index in [1.165, 1.54) is 18.4 Å². The summed E-state index contributed by atoms with van der Waals surface area (Å²) in [6.45, 7) is 2.65. The van der Waals surface area contributed by atoms with Crippen LogP contribution < -0.4 is 10.6 Å². The summed E-state index contributed by atoms with van der Waals surface area (Å²) >= 11 is 0. The van der Waals surface area contributed by atoms with Crippen molar-refractivity contribution in [1.82, 2.24) is 9.55 Å². The quantitative estimate of drug-likeness (QED) is 0.625. The molecule has 1 spiro atoms. The van der Waals surface area contributed by atoms with Crippen molar-refractivity contribution in [3.63, 3.8) is 0 Å². The number of nitriles is 1. The number of hydrogen-bond donors (Lipinski definition) is 3. The van der Waals surface area contributed by atoms with Crippen LogP contribution in [0.5, 0.6) is 0 Å². The number of nitrogens with zero attached hydrogens (tertiary/aromatic N) is 3. The fraction of sp³-hybridized carbons (Fsp3) is 0.333. The van der Waals surface area contributed by atoms with E-state index in [-0.39, 0.29) is 5.41 Å². The Morgan fingerprint density at radius 3 is 2.89 bits per heavy atom. The van der Waals surface area contributed by atoms with Crippen molar-refractivity contribution in [3.8, 4) is 17.2 Å². The van der Waals surface area contributed by atoms with Crippen LogP contribution in [0.25, 0.3) is 22.0 Å². The van der Waals surface area contributed by atoms with E-state index in [2.05, 4.69) is 33.9 Å². The second-order valence-corrected chi connectivity index (χ2v) is 7.76. The third kappa shape index (κ3) is 2.39. The molecule has 2 aromatic heterocycles. The summed E-state index contributed by atoms with van der Waals surface area (Å²) in [5, 5.41) is 26.7. The molecule has 3 aromatic rings. The molecule has 0 radical (unpaired) electrons. The molecule has 0 saturated heterocycles. The zero-order chi connectivity index (χ0) is 18.8. The summed E-state index contributed by atoms with van der Waals surface area (Å²) in [7, 11) is 1.98. The summed E-state index contributed by atoms with van der Waals surface area (Å²) in [5.74, 6) is 1.01. The highest BCUT2D eigenvalue weighted by molar-refractivity contribution is 6.03. The van der Waals surface area contributed by atoms with Gasteiger partial charge < -0.3 is 20.3 Å². The number of benzene rings is 1. The van der Waals surface area contributed by atoms with Gasteiger partial charge in [0.05, 0.1) is 22.8 Å². The largest absolute Gasteiger partial charge is 0.374 e. The third-order valence-corrected chi connectivity index (χ3v) is 5.79. The lowest BCUT2D eigenvalue weighted by atomic mass is 9.96. The van der Waals surface area contributed by atoms with Gasteiger partial charge in [-0.1, -0.05) is 0 Å². The lowest BCUT2D eigenvalue weighted by Crippen LogP contribution is -2.14. The molecule has 5 rings (SSSR count). The van der Waals surface area contributed by atoms with Gasteiger partial charge in [0.25, 0.3) is 0 Å². The number of aryl methyl sites for hydroxylation is 1. The van der Waals surface area contributed by atoms with Gasteiger partial charge in [-0.3, -0.25) is 0 Å². The van der Waals surface area contributed by atoms with E-state index in [9.17, 15) is 10.4 Å². The van der Waals surface area contributed by atoms with Crippen molar-refractivity contribution in [3.05, 3.63) is 41.7 Å². The van der Waals surface area contributed by atoms with Gasteiger partial charge in [0, 0.05) is 53.5 Å². The molecule has 0 amide bonds. The number of nitrogens with one attached hydrogen (secondary N) is 2. The fourth-order valence-electron chi connectivity index (χ4n) is 4.28. The van der Waals surface area contributed by atoms with E-state index in [0.29, 0.717) is 5.56 Å². The third-order valence-electron chi connectivity index (χ3n) is 5.79. The van der Waals surface area contributed by atoms with Gasteiger partial charge in [-0.15, -0.1) is 0 Å². The minimum Gasteiger partial charge on any atom is -0.374 e. The summed E-state index contributed by atoms with van der Waals surface area (Å²) in [5.41, 5.74) is 5.98. The number of pyridine rings is 1. The molecule has 1 aromatic carbocycles. The number of anilines is 2. The molecule has 0 bridgehead atoms. The molecule has 3 N–H and O–H groups in total. The van der Waals surface area contributed by atoms with Crippen LogP contribution in [0.1, 0.15) is 30.9 Å². The summed E-state index contributed by atoms with van der Waals surface area (Å²) in [6, 6.07) is 8.18. The van der Waals surface area contributed by atoms with Crippen molar-refractivity contribution in [1.29, 1.82) is 5.26 Å². The average Bonchev–Trinajstić information content (AvgIpc) is 3.24. The van der Waals surface area contributed by atoms with Gasteiger partial charge >= 0.3 is 0 Å². The topological polar surface area (TPSA) is 85.9 Å². The van der Waals surface area contributed by atoms with Crippen LogP contribution >= 0.6 is 0 Å². The van der Waals surface area contributed by atoms with E-state index in [0.717, 1.165) is 40.1 Å². The molecule has 1 unspecified atom stereocenters. The maximum Gasteiger partial charge on any atom is 0.129 e. The normalized spacial score (nSPS) is 17.4. The Morgan fingerprint density at radius 1 is 1.37 bits per heavy atom. The molecule has 6 heteroatoms. The van der Waals surface area contributed by atoms with Gasteiger partial charge in [0.1, 0.15) is 12.0 Å². The van der Waals surface area contributed by atoms with Crippen molar-refractivity contribution >= 4 is 22.4 Å². The molecule has 1 aliphatic heterocycles. The number of rotatable bonds is 3. The van der Waals surface area contributed by atoms with E-state index in [4.69, 9.17) is 0 Å². The SMILES string of the molecule is CC(O)Nc1cc(C#N)cc2c(-c3cnc4c(c3)C3(CC3)CN4)cn(C)c12. The molecule has 136 valence electrons. The van der Waals surface area contributed by atoms with E-state index < -0.39 is 6.23 Å². The molecule has 1 aliphatic carbocycles. The van der Waals surface area contributed by atoms with Crippen molar-refractivity contribution in [2.24, 2.45) is 7.05 Å². The number of hydrogen-bond acceptors (Lipinski definition) is 5. The Hall–Kier alpha value is -3.04. The Balaban J connectivity index is 1.72. The zero-order valence-corrected chi connectivity index (χ0v) is 15.4. The average molecular weight is 359 g/mol. The molecular formula is C21H21N5O. The van der Waals surface area contributed by atoms with Crippen LogP contribution in [-0.2, 0) is 12.5 Å². The first-order chi connectivity index (χ1) is 13.0. The Morgan fingerprint density at radius 2 is 2.19 bits per heavy atom. The molecule has 1 atom stereocenters. The first-order valence-corrected chi connectivity index (χ1v) is 9.23. The Bertz CT molecular complexity index is 1120. The van der Waals surface area contributed by atoms with Gasteiger partial charge in [0.15, 0.2) is 0 Å². The van der Waals surface area contributed by atoms with Crippen molar-refractivity contribution < 1.29 is 5.11 Å². The minimum absolute atomic E-state index is 0.278. The number of aliphatic hydroxyl groups excluding tert-OH is 1. The molecule has 2 aliphatic rings. The lowest BCUT2D eigenvalue weighted by Gasteiger charge is -2.12. The molecular weight excluding hydrogens is 338 g/mol. The summed E-state index contributed by atoms with van der Waals surface area (Å²) in [4.78, 5) is 4.66. The van der Waals surface area contributed by atoms with E-state index in [1.807, 2.05) is 23.9 Å². The molecule has 6 nitrogen and oxygen atoms in total. The zero-order valence-electron chi connectivity index (χ0n) is 15.4. The Kier molecular flexibility index (Phi) is 3.28. The van der Waals surface area contributed by atoms with Crippen LogP contribution in [0.15, 0.2) is 30.6 Å². The summed E-state index contributed by atoms with van der Waals surface area (Å²) < 4.78 is 2.04. The van der Waals surface area contributed by atoms with Crippen LogP contribution in [0.2, 0.25) is 0 Å². The first kappa shape index (κ1) is 16.2. The molecule has 1 saturated carbocycles. The highest BCUT2D eigenvalue weighted by Gasteiger charge is 2.49. The fourth-order valence-corrected chi connectivity index (χ4v) is 4.28. The smallest absolute Gasteiger partial charge is 0.129 e. The first-order valence-electron chi connectivity index (χ1n) is 9.23. The second kappa shape index (κ2) is 5.48. The van der Waals surface area contributed by atoms with Crippen LogP contribution in [0, 0.1) is 11.3 Å². The second-order valence-electron chi connectivity index (χ2n) is 7.76. The van der Waals surface area contributed by atoms with Crippen molar-refractivity contribution in [2.45, 2.75) is 31.4 Å². The van der Waals surface area contributed by atoms with Crippen LogP contribution in [0.3, 0.4) is 0 Å². The van der Waals surface area contributed by atoms with E-state index in [1.54, 1.807) is 13.0 Å². The molecule has 3 heterocycles. The maximum atomic E-state index is 9.79. The van der Waals surface area contributed by atoms with Gasteiger partial charge in [-0.05, 0) is 38.0 Å². The van der Waals surface area contributed by atoms with E-state index >= 15 is 0 Å². The Labute approximate surface area is 157 Å². The van der Waals surface area contributed by atoms with Crippen molar-refractivity contribution in [2.75, 3.05) is 17.2 Å². The predicted octanol–water partition coefficient (Wildman–Crippen LogP) is 3.32.